The molecule has 0 spiro atoms. The Bertz CT molecular complexity index is 648. The van der Waals surface area contributed by atoms with Gasteiger partial charge in [0.15, 0.2) is 0 Å². The van der Waals surface area contributed by atoms with E-state index in [4.69, 9.17) is 23.2 Å². The lowest BCUT2D eigenvalue weighted by Crippen LogP contribution is -2.46. The Morgan fingerprint density at radius 3 is 2.55 bits per heavy atom. The van der Waals surface area contributed by atoms with Gasteiger partial charge in [-0.3, -0.25) is 0 Å². The number of rotatable bonds is 3. The number of hydrogen-bond acceptors (Lipinski definition) is 5. The number of sulfonamides is 1. The van der Waals surface area contributed by atoms with Crippen molar-refractivity contribution >= 4 is 39.2 Å². The second-order valence-corrected chi connectivity index (χ2v) is 7.08. The van der Waals surface area contributed by atoms with E-state index in [0.717, 1.165) is 6.07 Å². The standard InChI is InChI=1S/C11H11Cl2NO5S/c12-8-2-1-7(4-9(8)13)20(18,19)14-5-6(15)3-10(14)11(16)17/h1-2,4,6,10,15H,3,5H2,(H,16,17)/p-1/t6-,10+/m0/s1. The van der Waals surface area contributed by atoms with Crippen LogP contribution in [0, 0.1) is 0 Å². The minimum Gasteiger partial charge on any atom is -0.548 e. The highest BCUT2D eigenvalue weighted by atomic mass is 35.5. The van der Waals surface area contributed by atoms with E-state index >= 15 is 0 Å². The largest absolute Gasteiger partial charge is 0.548 e. The molecular formula is C11H10Cl2NO5S-. The monoisotopic (exact) mass is 338 g/mol. The molecule has 1 aliphatic heterocycles. The van der Waals surface area contributed by atoms with Gasteiger partial charge in [-0.15, -0.1) is 0 Å². The van der Waals surface area contributed by atoms with Crippen LogP contribution < -0.4 is 5.11 Å². The zero-order chi connectivity index (χ0) is 15.1. The maximum atomic E-state index is 12.4. The second-order valence-electron chi connectivity index (χ2n) is 4.37. The molecule has 0 amide bonds. The number of aliphatic hydroxyl groups is 1. The molecule has 0 bridgehead atoms. The topological polar surface area (TPSA) is 97.7 Å². The molecule has 9 heteroatoms. The maximum absolute atomic E-state index is 12.4. The number of benzene rings is 1. The molecule has 1 N–H and O–H groups in total. The fourth-order valence-corrected chi connectivity index (χ4v) is 4.05. The van der Waals surface area contributed by atoms with Crippen LogP contribution in [0.2, 0.25) is 10.0 Å². The van der Waals surface area contributed by atoms with E-state index in [1.807, 2.05) is 0 Å². The quantitative estimate of drug-likeness (QED) is 0.827. The van der Waals surface area contributed by atoms with E-state index in [2.05, 4.69) is 0 Å². The van der Waals surface area contributed by atoms with Crippen molar-refractivity contribution in [1.29, 1.82) is 0 Å². The molecule has 0 unspecified atom stereocenters. The molecule has 1 aliphatic rings. The summed E-state index contributed by atoms with van der Waals surface area (Å²) in [5.74, 6) is -1.55. The summed E-state index contributed by atoms with van der Waals surface area (Å²) in [6, 6.07) is 2.26. The summed E-state index contributed by atoms with van der Waals surface area (Å²) in [4.78, 5) is 10.8. The molecule has 1 aromatic carbocycles. The van der Waals surface area contributed by atoms with Gasteiger partial charge >= 0.3 is 0 Å². The van der Waals surface area contributed by atoms with Crippen molar-refractivity contribution in [3.05, 3.63) is 28.2 Å². The SMILES string of the molecule is O=C([O-])[C@H]1C[C@H](O)CN1S(=O)(=O)c1ccc(Cl)c(Cl)c1. The summed E-state index contributed by atoms with van der Waals surface area (Å²) >= 11 is 11.5. The first-order valence-electron chi connectivity index (χ1n) is 5.59. The summed E-state index contributed by atoms with van der Waals surface area (Å²) in [6.07, 6.45) is -1.25. The van der Waals surface area contributed by atoms with Gasteiger partial charge in [0.1, 0.15) is 0 Å². The van der Waals surface area contributed by atoms with Crippen LogP contribution in [0.3, 0.4) is 0 Å². The van der Waals surface area contributed by atoms with E-state index in [1.165, 1.54) is 12.1 Å². The first kappa shape index (κ1) is 15.5. The first-order chi connectivity index (χ1) is 9.23. The predicted octanol–water partition coefficient (Wildman–Crippen LogP) is -0.133. The number of aliphatic carboxylic acids is 1. The average Bonchev–Trinajstić information content (AvgIpc) is 2.75. The number of aliphatic hydroxyl groups excluding tert-OH is 1. The van der Waals surface area contributed by atoms with E-state index in [0.29, 0.717) is 4.31 Å². The molecule has 1 saturated heterocycles. The van der Waals surface area contributed by atoms with Gasteiger partial charge in [-0.25, -0.2) is 8.42 Å². The minimum atomic E-state index is -4.10. The highest BCUT2D eigenvalue weighted by Crippen LogP contribution is 2.30. The van der Waals surface area contributed by atoms with Gasteiger partial charge in [-0.1, -0.05) is 23.2 Å². The van der Waals surface area contributed by atoms with Crippen LogP contribution in [0.1, 0.15) is 6.42 Å². The van der Waals surface area contributed by atoms with Crippen LogP contribution in [0.15, 0.2) is 23.1 Å². The lowest BCUT2D eigenvalue weighted by atomic mass is 10.2. The predicted molar refractivity (Wildman–Crippen MR) is 69.8 cm³/mol. The molecule has 1 fully saturated rings. The molecule has 110 valence electrons. The molecule has 1 heterocycles. The number of carbonyl (C=O) groups is 1. The molecule has 0 radical (unpaired) electrons. The van der Waals surface area contributed by atoms with Crippen molar-refractivity contribution in [1.82, 2.24) is 4.31 Å². The van der Waals surface area contributed by atoms with Crippen LogP contribution in [-0.2, 0) is 14.8 Å². The van der Waals surface area contributed by atoms with Gasteiger partial charge in [-0.2, -0.15) is 4.31 Å². The summed E-state index contributed by atoms with van der Waals surface area (Å²) in [5, 5.41) is 20.7. The number of carbonyl (C=O) groups excluding carboxylic acids is 1. The Balaban J connectivity index is 2.43. The first-order valence-corrected chi connectivity index (χ1v) is 7.79. The fourth-order valence-electron chi connectivity index (χ4n) is 2.04. The molecular weight excluding hydrogens is 329 g/mol. The number of nitrogens with zero attached hydrogens (tertiary/aromatic N) is 1. The molecule has 6 nitrogen and oxygen atoms in total. The highest BCUT2D eigenvalue weighted by molar-refractivity contribution is 7.89. The van der Waals surface area contributed by atoms with Gasteiger partial charge in [0.25, 0.3) is 0 Å². The smallest absolute Gasteiger partial charge is 0.243 e. The Morgan fingerprint density at radius 1 is 1.35 bits per heavy atom. The van der Waals surface area contributed by atoms with Crippen LogP contribution >= 0.6 is 23.2 Å². The zero-order valence-electron chi connectivity index (χ0n) is 9.99. The Hall–Kier alpha value is -0.860. The average molecular weight is 339 g/mol. The van der Waals surface area contributed by atoms with Crippen molar-refractivity contribution in [3.8, 4) is 0 Å². The minimum absolute atomic E-state index is 0.0393. The van der Waals surface area contributed by atoms with Gasteiger partial charge in [0.05, 0.1) is 33.1 Å². The van der Waals surface area contributed by atoms with Crippen molar-refractivity contribution in [2.45, 2.75) is 23.5 Å². The van der Waals surface area contributed by atoms with Gasteiger partial charge in [0, 0.05) is 6.54 Å². The van der Waals surface area contributed by atoms with E-state index in [1.54, 1.807) is 0 Å². The molecule has 0 aromatic heterocycles. The number of carboxylic acid groups (broad SMARTS) is 1. The molecule has 20 heavy (non-hydrogen) atoms. The van der Waals surface area contributed by atoms with E-state index < -0.39 is 28.1 Å². The van der Waals surface area contributed by atoms with Crippen molar-refractivity contribution in [2.75, 3.05) is 6.54 Å². The fraction of sp³-hybridized carbons (Fsp3) is 0.364. The summed E-state index contributed by atoms with van der Waals surface area (Å²) < 4.78 is 25.5. The van der Waals surface area contributed by atoms with Crippen molar-refractivity contribution in [2.24, 2.45) is 0 Å². The molecule has 2 rings (SSSR count). The molecule has 0 aliphatic carbocycles. The molecule has 2 atom stereocenters. The number of carboxylic acids is 1. The van der Waals surface area contributed by atoms with Crippen molar-refractivity contribution < 1.29 is 23.4 Å². The van der Waals surface area contributed by atoms with Crippen LogP contribution in [0.5, 0.6) is 0 Å². The summed E-state index contributed by atoms with van der Waals surface area (Å²) in [5.41, 5.74) is 0. The number of β-amino-alcohol motifs (C(OH)–C–C–N with tert-alkyl or cyclic N) is 1. The van der Waals surface area contributed by atoms with Crippen LogP contribution in [0.4, 0.5) is 0 Å². The summed E-state index contributed by atoms with van der Waals surface area (Å²) in [7, 11) is -4.10. The highest BCUT2D eigenvalue weighted by Gasteiger charge is 2.40. The maximum Gasteiger partial charge on any atom is 0.243 e. The normalized spacial score (nSPS) is 23.9. The third kappa shape index (κ3) is 2.77. The van der Waals surface area contributed by atoms with Crippen LogP contribution in [-0.4, -0.2) is 42.5 Å². The van der Waals surface area contributed by atoms with E-state index in [-0.39, 0.29) is 27.9 Å². The Kier molecular flexibility index (Phi) is 4.27. The number of hydrogen-bond donors (Lipinski definition) is 1. The third-order valence-electron chi connectivity index (χ3n) is 3.00. The second kappa shape index (κ2) is 5.50. The Labute approximate surface area is 125 Å². The summed E-state index contributed by atoms with van der Waals surface area (Å²) in [6.45, 7) is -0.304. The Morgan fingerprint density at radius 2 is 2.00 bits per heavy atom. The van der Waals surface area contributed by atoms with Gasteiger partial charge in [0.2, 0.25) is 10.0 Å². The van der Waals surface area contributed by atoms with Crippen LogP contribution in [0.25, 0.3) is 0 Å². The lowest BCUT2D eigenvalue weighted by molar-refractivity contribution is -0.309. The van der Waals surface area contributed by atoms with E-state index in [9.17, 15) is 23.4 Å². The number of halogens is 2. The van der Waals surface area contributed by atoms with Gasteiger partial charge < -0.3 is 15.0 Å². The lowest BCUT2D eigenvalue weighted by Gasteiger charge is -2.24. The van der Waals surface area contributed by atoms with Crippen molar-refractivity contribution in [3.63, 3.8) is 0 Å². The van der Waals surface area contributed by atoms with Gasteiger partial charge in [-0.05, 0) is 24.6 Å². The molecule has 0 saturated carbocycles. The zero-order valence-corrected chi connectivity index (χ0v) is 12.3. The molecule has 1 aromatic rings. The third-order valence-corrected chi connectivity index (χ3v) is 5.61.